The largest absolute Gasteiger partial charge is 0.379 e. The second-order valence-corrected chi connectivity index (χ2v) is 7.90. The maximum Gasteiger partial charge on any atom is 0.223 e. The number of carbonyl (C=O) groups is 1. The molecule has 0 spiro atoms. The number of anilines is 1. The molecule has 4 rings (SSSR count). The zero-order valence-electron chi connectivity index (χ0n) is 15.4. The fourth-order valence-corrected chi connectivity index (χ4v) is 4.41. The molecule has 1 N–H and O–H groups in total. The van der Waals surface area contributed by atoms with E-state index in [9.17, 15) is 4.79 Å². The summed E-state index contributed by atoms with van der Waals surface area (Å²) in [5.41, 5.74) is 0. The minimum absolute atomic E-state index is 0.0998. The summed E-state index contributed by atoms with van der Waals surface area (Å²) < 4.78 is 7.32. The van der Waals surface area contributed by atoms with E-state index in [1.807, 2.05) is 29.1 Å². The third-order valence-corrected chi connectivity index (χ3v) is 6.19. The van der Waals surface area contributed by atoms with Crippen LogP contribution in [0.25, 0.3) is 5.13 Å². The smallest absolute Gasteiger partial charge is 0.223 e. The van der Waals surface area contributed by atoms with Gasteiger partial charge in [-0.15, -0.1) is 10.2 Å². The van der Waals surface area contributed by atoms with E-state index >= 15 is 0 Å². The number of amides is 1. The van der Waals surface area contributed by atoms with E-state index in [1.165, 1.54) is 0 Å². The lowest BCUT2D eigenvalue weighted by Gasteiger charge is -2.31. The Hall–Kier alpha value is -1.97. The minimum atomic E-state index is 0.0998. The molecule has 2 aliphatic rings. The van der Waals surface area contributed by atoms with Crippen molar-refractivity contribution in [2.45, 2.75) is 12.8 Å². The molecule has 27 heavy (non-hydrogen) atoms. The number of rotatable bonds is 6. The quantitative estimate of drug-likeness (QED) is 0.793. The highest BCUT2D eigenvalue weighted by Gasteiger charge is 2.26. The number of ether oxygens (including phenoxy) is 1. The number of nitrogens with one attached hydrogen (secondary N) is 1. The molecule has 0 atom stereocenters. The Morgan fingerprint density at radius 2 is 1.81 bits per heavy atom. The number of aromatic nitrogens is 3. The fourth-order valence-electron chi connectivity index (χ4n) is 3.54. The summed E-state index contributed by atoms with van der Waals surface area (Å²) in [6, 6.07) is 3.95. The average molecular weight is 391 g/mol. The van der Waals surface area contributed by atoms with E-state index in [-0.39, 0.29) is 11.8 Å². The Morgan fingerprint density at radius 3 is 2.56 bits per heavy atom. The molecule has 1 amide bonds. The van der Waals surface area contributed by atoms with Crippen molar-refractivity contribution < 1.29 is 9.53 Å². The molecule has 2 aromatic heterocycles. The molecular formula is C18H26N6O2S. The molecule has 2 aliphatic heterocycles. The van der Waals surface area contributed by atoms with Crippen molar-refractivity contribution in [3.8, 4) is 5.13 Å². The standard InChI is InChI=1S/C18H26N6O2S/c25-16(19-5-10-22-11-13-26-14-12-22)15-3-8-24(9-4-15)18-21-20-17(27-18)23-6-1-2-7-23/h1-2,6-7,15H,3-5,8-14H2,(H,19,25). The summed E-state index contributed by atoms with van der Waals surface area (Å²) in [7, 11) is 0. The van der Waals surface area contributed by atoms with Crippen molar-refractivity contribution in [1.29, 1.82) is 0 Å². The van der Waals surface area contributed by atoms with Gasteiger partial charge in [-0.25, -0.2) is 0 Å². The highest BCUT2D eigenvalue weighted by atomic mass is 32.1. The number of piperidine rings is 1. The second-order valence-electron chi connectivity index (χ2n) is 6.96. The second kappa shape index (κ2) is 8.81. The maximum absolute atomic E-state index is 12.4. The first-order valence-corrected chi connectivity index (χ1v) is 10.4. The molecule has 2 saturated heterocycles. The molecule has 0 saturated carbocycles. The SMILES string of the molecule is O=C(NCCN1CCOCC1)C1CCN(c2nnc(-n3cccc3)s2)CC1. The zero-order valence-corrected chi connectivity index (χ0v) is 16.2. The number of morpholine rings is 1. The van der Waals surface area contributed by atoms with Gasteiger partial charge in [0.15, 0.2) is 0 Å². The summed E-state index contributed by atoms with van der Waals surface area (Å²) >= 11 is 1.59. The van der Waals surface area contributed by atoms with Crippen molar-refractivity contribution in [3.05, 3.63) is 24.5 Å². The highest BCUT2D eigenvalue weighted by Crippen LogP contribution is 2.27. The maximum atomic E-state index is 12.4. The van der Waals surface area contributed by atoms with E-state index in [0.717, 1.165) is 75.6 Å². The predicted octanol–water partition coefficient (Wildman–Crippen LogP) is 0.994. The van der Waals surface area contributed by atoms with Gasteiger partial charge in [0.05, 0.1) is 13.2 Å². The van der Waals surface area contributed by atoms with E-state index in [2.05, 4.69) is 25.3 Å². The van der Waals surface area contributed by atoms with Crippen molar-refractivity contribution in [1.82, 2.24) is 25.0 Å². The van der Waals surface area contributed by atoms with Crippen LogP contribution in [0.15, 0.2) is 24.5 Å². The number of hydrogen-bond donors (Lipinski definition) is 1. The van der Waals surface area contributed by atoms with Gasteiger partial charge in [-0.1, -0.05) is 11.3 Å². The van der Waals surface area contributed by atoms with Crippen LogP contribution in [0.3, 0.4) is 0 Å². The summed E-state index contributed by atoms with van der Waals surface area (Å²) in [4.78, 5) is 17.0. The Morgan fingerprint density at radius 1 is 1.11 bits per heavy atom. The fraction of sp³-hybridized carbons (Fsp3) is 0.611. The van der Waals surface area contributed by atoms with Crippen LogP contribution in [-0.4, -0.2) is 78.1 Å². The Bertz CT molecular complexity index is 720. The molecule has 0 radical (unpaired) electrons. The lowest BCUT2D eigenvalue weighted by Crippen LogP contribution is -2.44. The van der Waals surface area contributed by atoms with Gasteiger partial charge >= 0.3 is 0 Å². The van der Waals surface area contributed by atoms with Crippen LogP contribution in [0, 0.1) is 5.92 Å². The van der Waals surface area contributed by atoms with Crippen LogP contribution in [-0.2, 0) is 9.53 Å². The van der Waals surface area contributed by atoms with Crippen molar-refractivity contribution in [2.75, 3.05) is 57.4 Å². The first-order valence-electron chi connectivity index (χ1n) is 9.59. The molecule has 0 bridgehead atoms. The van der Waals surface area contributed by atoms with Gasteiger partial charge in [0.25, 0.3) is 0 Å². The third-order valence-electron chi connectivity index (χ3n) is 5.20. The van der Waals surface area contributed by atoms with Crippen molar-refractivity contribution in [3.63, 3.8) is 0 Å². The van der Waals surface area contributed by atoms with Gasteiger partial charge in [-0.05, 0) is 25.0 Å². The normalized spacial score (nSPS) is 19.3. The summed E-state index contributed by atoms with van der Waals surface area (Å²) in [5.74, 6) is 0.288. The first-order chi connectivity index (χ1) is 13.3. The monoisotopic (exact) mass is 390 g/mol. The van der Waals surface area contributed by atoms with Gasteiger partial charge in [0.2, 0.25) is 16.2 Å². The third kappa shape index (κ3) is 4.66. The Balaban J connectivity index is 1.21. The number of hydrogen-bond acceptors (Lipinski definition) is 7. The number of nitrogens with zero attached hydrogens (tertiary/aromatic N) is 5. The van der Waals surface area contributed by atoms with E-state index in [0.29, 0.717) is 0 Å². The first kappa shape index (κ1) is 18.4. The lowest BCUT2D eigenvalue weighted by atomic mass is 9.96. The molecule has 0 aliphatic carbocycles. The van der Waals surface area contributed by atoms with Gasteiger partial charge in [0.1, 0.15) is 0 Å². The van der Waals surface area contributed by atoms with Crippen LogP contribution in [0.1, 0.15) is 12.8 Å². The van der Waals surface area contributed by atoms with E-state index in [1.54, 1.807) is 11.3 Å². The molecule has 2 fully saturated rings. The Labute approximate surface area is 163 Å². The van der Waals surface area contributed by atoms with Crippen LogP contribution in [0.4, 0.5) is 5.13 Å². The molecule has 9 heteroatoms. The molecule has 146 valence electrons. The van der Waals surface area contributed by atoms with E-state index < -0.39 is 0 Å². The Kier molecular flexibility index (Phi) is 6.00. The van der Waals surface area contributed by atoms with Gasteiger partial charge in [0, 0.05) is 57.6 Å². The molecule has 0 unspecified atom stereocenters. The summed E-state index contributed by atoms with van der Waals surface area (Å²) in [6.07, 6.45) is 5.67. The topological polar surface area (TPSA) is 75.5 Å². The molecule has 0 aromatic carbocycles. The van der Waals surface area contributed by atoms with Crippen LogP contribution >= 0.6 is 11.3 Å². The summed E-state index contributed by atoms with van der Waals surface area (Å²) in [5, 5.41) is 13.5. The highest BCUT2D eigenvalue weighted by molar-refractivity contribution is 7.17. The van der Waals surface area contributed by atoms with Crippen molar-refractivity contribution >= 4 is 22.4 Å². The van der Waals surface area contributed by atoms with Gasteiger partial charge in [-0.2, -0.15) is 0 Å². The molecule has 2 aromatic rings. The minimum Gasteiger partial charge on any atom is -0.379 e. The van der Waals surface area contributed by atoms with E-state index in [4.69, 9.17) is 4.74 Å². The van der Waals surface area contributed by atoms with Crippen LogP contribution < -0.4 is 10.2 Å². The van der Waals surface area contributed by atoms with Gasteiger partial charge < -0.3 is 15.0 Å². The molecule has 8 nitrogen and oxygen atoms in total. The molecular weight excluding hydrogens is 364 g/mol. The summed E-state index contributed by atoms with van der Waals surface area (Å²) in [6.45, 7) is 6.83. The lowest BCUT2D eigenvalue weighted by molar-refractivity contribution is -0.125. The predicted molar refractivity (Wildman–Crippen MR) is 104 cm³/mol. The molecule has 4 heterocycles. The number of carbonyl (C=O) groups excluding carboxylic acids is 1. The van der Waals surface area contributed by atoms with Crippen LogP contribution in [0.5, 0.6) is 0 Å². The van der Waals surface area contributed by atoms with Gasteiger partial charge in [-0.3, -0.25) is 14.3 Å². The van der Waals surface area contributed by atoms with Crippen LogP contribution in [0.2, 0.25) is 0 Å². The average Bonchev–Trinajstić information content (AvgIpc) is 3.41. The van der Waals surface area contributed by atoms with Crippen molar-refractivity contribution in [2.24, 2.45) is 5.92 Å². The zero-order chi connectivity index (χ0) is 18.5.